The van der Waals surface area contributed by atoms with Crippen molar-refractivity contribution in [2.45, 2.75) is 59.4 Å². The van der Waals surface area contributed by atoms with Gasteiger partial charge in [-0.15, -0.1) is 5.10 Å². The lowest BCUT2D eigenvalue weighted by molar-refractivity contribution is 0.0696. The number of anilines is 1. The average Bonchev–Trinajstić information content (AvgIpc) is 2.78. The van der Waals surface area contributed by atoms with E-state index in [1.807, 2.05) is 13.8 Å². The minimum atomic E-state index is -0.919. The third kappa shape index (κ3) is 3.01. The van der Waals surface area contributed by atoms with Crippen LogP contribution in [0.5, 0.6) is 0 Å². The Hall–Kier alpha value is -1.65. The van der Waals surface area contributed by atoms with Gasteiger partial charge in [0.2, 0.25) is 0 Å². The molecular weight excluding hydrogens is 266 g/mol. The van der Waals surface area contributed by atoms with Crippen LogP contribution in [-0.2, 0) is 12.8 Å². The normalized spacial score (nSPS) is 25.0. The first-order valence-corrected chi connectivity index (χ1v) is 7.87. The molecule has 0 radical (unpaired) electrons. The van der Waals surface area contributed by atoms with E-state index in [9.17, 15) is 9.90 Å². The van der Waals surface area contributed by atoms with E-state index in [1.54, 1.807) is 0 Å². The van der Waals surface area contributed by atoms with Crippen LogP contribution in [0.2, 0.25) is 0 Å². The molecule has 0 amide bonds. The zero-order chi connectivity index (χ0) is 15.6. The van der Waals surface area contributed by atoms with Gasteiger partial charge < -0.3 is 10.4 Å². The molecule has 1 fully saturated rings. The maximum absolute atomic E-state index is 11.7. The summed E-state index contributed by atoms with van der Waals surface area (Å²) in [5.41, 5.74) is 1.89. The fourth-order valence-electron chi connectivity index (χ4n) is 3.25. The lowest BCUT2D eigenvalue weighted by atomic mass is 9.97. The first kappa shape index (κ1) is 15.7. The number of nitrogens with one attached hydrogen (secondary N) is 1. The fraction of sp³-hybridized carbons (Fsp3) is 0.688. The number of hydrogen-bond donors (Lipinski definition) is 2. The van der Waals surface area contributed by atoms with Crippen LogP contribution in [0, 0.1) is 11.8 Å². The van der Waals surface area contributed by atoms with Gasteiger partial charge in [0.25, 0.3) is 0 Å². The zero-order valence-electron chi connectivity index (χ0n) is 13.3. The molecule has 116 valence electrons. The molecule has 1 saturated carbocycles. The van der Waals surface area contributed by atoms with Crippen molar-refractivity contribution in [1.82, 2.24) is 10.2 Å². The number of aryl methyl sites for hydroxylation is 1. The number of carboxylic acid groups (broad SMARTS) is 1. The van der Waals surface area contributed by atoms with Crippen LogP contribution in [0.3, 0.4) is 0 Å². The maximum Gasteiger partial charge on any atom is 0.339 e. The molecule has 1 aliphatic carbocycles. The summed E-state index contributed by atoms with van der Waals surface area (Å²) in [4.78, 5) is 11.7. The summed E-state index contributed by atoms with van der Waals surface area (Å²) in [5, 5.41) is 21.3. The lowest BCUT2D eigenvalue weighted by Gasteiger charge is -2.22. The molecule has 5 nitrogen and oxygen atoms in total. The number of aromatic carboxylic acids is 1. The van der Waals surface area contributed by atoms with E-state index >= 15 is 0 Å². The Morgan fingerprint density at radius 1 is 1.24 bits per heavy atom. The fourth-order valence-corrected chi connectivity index (χ4v) is 3.25. The average molecular weight is 291 g/mol. The second-order valence-corrected chi connectivity index (χ2v) is 6.03. The number of rotatable bonds is 5. The van der Waals surface area contributed by atoms with Gasteiger partial charge in [-0.3, -0.25) is 0 Å². The van der Waals surface area contributed by atoms with E-state index in [1.165, 1.54) is 6.42 Å². The molecule has 0 aromatic carbocycles. The largest absolute Gasteiger partial charge is 0.478 e. The van der Waals surface area contributed by atoms with Crippen LogP contribution >= 0.6 is 0 Å². The van der Waals surface area contributed by atoms with Crippen LogP contribution in [0.15, 0.2) is 0 Å². The van der Waals surface area contributed by atoms with Gasteiger partial charge in [-0.25, -0.2) is 4.79 Å². The second-order valence-electron chi connectivity index (χ2n) is 6.03. The van der Waals surface area contributed by atoms with Gasteiger partial charge in [0.1, 0.15) is 5.56 Å². The molecule has 2 N–H and O–H groups in total. The summed E-state index contributed by atoms with van der Waals surface area (Å²) in [7, 11) is 0. The predicted molar refractivity (Wildman–Crippen MR) is 82.7 cm³/mol. The van der Waals surface area contributed by atoms with E-state index in [2.05, 4.69) is 29.4 Å². The molecule has 0 bridgehead atoms. The highest BCUT2D eigenvalue weighted by atomic mass is 16.4. The molecule has 1 aliphatic rings. The highest BCUT2D eigenvalue weighted by molar-refractivity contribution is 5.95. The Kier molecular flexibility index (Phi) is 4.80. The first-order chi connectivity index (χ1) is 9.99. The van der Waals surface area contributed by atoms with Crippen molar-refractivity contribution in [3.05, 3.63) is 16.8 Å². The molecular formula is C16H25N3O2. The van der Waals surface area contributed by atoms with E-state index < -0.39 is 5.97 Å². The quantitative estimate of drug-likeness (QED) is 0.871. The van der Waals surface area contributed by atoms with Gasteiger partial charge in [-0.2, -0.15) is 5.10 Å². The van der Waals surface area contributed by atoms with Crippen molar-refractivity contribution < 1.29 is 9.90 Å². The number of hydrogen-bond acceptors (Lipinski definition) is 4. The molecule has 2 rings (SSSR count). The third-order valence-corrected chi connectivity index (χ3v) is 4.85. The van der Waals surface area contributed by atoms with Crippen LogP contribution in [0.25, 0.3) is 0 Å². The third-order valence-electron chi connectivity index (χ3n) is 4.85. The van der Waals surface area contributed by atoms with E-state index in [0.29, 0.717) is 36.1 Å². The number of carbonyl (C=O) groups is 1. The topological polar surface area (TPSA) is 75.1 Å². The Bertz CT molecular complexity index is 530. The van der Waals surface area contributed by atoms with Crippen molar-refractivity contribution in [3.63, 3.8) is 0 Å². The van der Waals surface area contributed by atoms with Crippen LogP contribution in [0.4, 0.5) is 5.82 Å². The monoisotopic (exact) mass is 291 g/mol. The number of carboxylic acids is 1. The molecule has 0 aliphatic heterocycles. The summed E-state index contributed by atoms with van der Waals surface area (Å²) in [6.45, 7) is 8.40. The van der Waals surface area contributed by atoms with E-state index in [0.717, 1.165) is 17.7 Å². The van der Waals surface area contributed by atoms with Gasteiger partial charge in [0.15, 0.2) is 5.82 Å². The Morgan fingerprint density at radius 3 is 2.43 bits per heavy atom. The van der Waals surface area contributed by atoms with Gasteiger partial charge in [0, 0.05) is 6.04 Å². The second kappa shape index (κ2) is 6.41. The number of aromatic nitrogens is 2. The van der Waals surface area contributed by atoms with Crippen LogP contribution in [-0.4, -0.2) is 27.3 Å². The Morgan fingerprint density at radius 2 is 1.95 bits per heavy atom. The van der Waals surface area contributed by atoms with Gasteiger partial charge in [0.05, 0.1) is 5.69 Å². The lowest BCUT2D eigenvalue weighted by Crippen LogP contribution is -2.27. The predicted octanol–water partition coefficient (Wildman–Crippen LogP) is 3.15. The first-order valence-electron chi connectivity index (χ1n) is 7.87. The van der Waals surface area contributed by atoms with Gasteiger partial charge >= 0.3 is 5.97 Å². The maximum atomic E-state index is 11.7. The van der Waals surface area contributed by atoms with Crippen LogP contribution < -0.4 is 5.32 Å². The number of nitrogens with zero attached hydrogens (tertiary/aromatic N) is 2. The molecule has 1 aromatic rings. The minimum Gasteiger partial charge on any atom is -0.478 e. The zero-order valence-corrected chi connectivity index (χ0v) is 13.3. The molecule has 3 atom stereocenters. The molecule has 5 heteroatoms. The highest BCUT2D eigenvalue weighted by Gasteiger charge is 2.31. The molecule has 21 heavy (non-hydrogen) atoms. The summed E-state index contributed by atoms with van der Waals surface area (Å²) < 4.78 is 0. The highest BCUT2D eigenvalue weighted by Crippen LogP contribution is 2.34. The summed E-state index contributed by atoms with van der Waals surface area (Å²) >= 11 is 0. The van der Waals surface area contributed by atoms with Crippen molar-refractivity contribution in [3.8, 4) is 0 Å². The van der Waals surface area contributed by atoms with Crippen molar-refractivity contribution in [1.29, 1.82) is 0 Å². The van der Waals surface area contributed by atoms with Gasteiger partial charge in [-0.1, -0.05) is 27.7 Å². The summed E-state index contributed by atoms with van der Waals surface area (Å²) in [6, 6.07) is 0.282. The summed E-state index contributed by atoms with van der Waals surface area (Å²) in [6.07, 6.45) is 3.58. The van der Waals surface area contributed by atoms with E-state index in [-0.39, 0.29) is 6.04 Å². The smallest absolute Gasteiger partial charge is 0.339 e. The molecule has 1 aromatic heterocycles. The Balaban J connectivity index is 2.37. The minimum absolute atomic E-state index is 0.282. The molecule has 1 heterocycles. The molecule has 3 unspecified atom stereocenters. The van der Waals surface area contributed by atoms with E-state index in [4.69, 9.17) is 0 Å². The van der Waals surface area contributed by atoms with Crippen LogP contribution in [0.1, 0.15) is 62.2 Å². The van der Waals surface area contributed by atoms with Crippen molar-refractivity contribution >= 4 is 11.8 Å². The standard InChI is InChI=1S/C16H25N3O2/c1-5-11-12(6-2)18-19-15(14(11)16(20)21)17-13-8-7-9(3)10(13)4/h9-10,13H,5-8H2,1-4H3,(H,17,19)(H,20,21). The van der Waals surface area contributed by atoms with Gasteiger partial charge in [-0.05, 0) is 43.1 Å². The Labute approximate surface area is 126 Å². The molecule has 0 spiro atoms. The summed E-state index contributed by atoms with van der Waals surface area (Å²) in [5.74, 6) is 0.689. The van der Waals surface area contributed by atoms with Crippen molar-refractivity contribution in [2.24, 2.45) is 11.8 Å². The van der Waals surface area contributed by atoms with Crippen molar-refractivity contribution in [2.75, 3.05) is 5.32 Å². The SMILES string of the molecule is CCc1nnc(NC2CCC(C)C2C)c(C(=O)O)c1CC. The molecule has 0 saturated heterocycles.